The van der Waals surface area contributed by atoms with Crippen LogP contribution in [0.15, 0.2) is 48.5 Å². The van der Waals surface area contributed by atoms with Gasteiger partial charge in [-0.25, -0.2) is 0 Å². The molecule has 0 aliphatic carbocycles. The Hall–Kier alpha value is -1.90. The summed E-state index contributed by atoms with van der Waals surface area (Å²) in [6, 6.07) is 17.4. The van der Waals surface area contributed by atoms with Crippen LogP contribution in [0.4, 0.5) is 0 Å². The standard InChI is InChI=1S/C20H20O2/c1-13(15-5-3-7-17(9-15)19-11-21-19)14(2)16-6-4-8-18(10-16)20-12-22-20/h3-10,19-20H,11-12H2,1-2H3/b14-13-. The number of allylic oxidation sites excluding steroid dienone is 2. The van der Waals surface area contributed by atoms with Crippen LogP contribution in [0.25, 0.3) is 11.1 Å². The molecule has 0 saturated carbocycles. The fourth-order valence-electron chi connectivity index (χ4n) is 2.86. The summed E-state index contributed by atoms with van der Waals surface area (Å²) in [6.07, 6.45) is 0.617. The van der Waals surface area contributed by atoms with Crippen molar-refractivity contribution in [1.82, 2.24) is 0 Å². The van der Waals surface area contributed by atoms with Crippen molar-refractivity contribution in [2.75, 3.05) is 13.2 Å². The zero-order chi connectivity index (χ0) is 15.1. The first-order valence-electron chi connectivity index (χ1n) is 7.84. The van der Waals surface area contributed by atoms with Crippen LogP contribution in [-0.4, -0.2) is 13.2 Å². The van der Waals surface area contributed by atoms with Gasteiger partial charge in [-0.05, 0) is 59.4 Å². The Morgan fingerprint density at radius 2 is 1.18 bits per heavy atom. The molecule has 0 amide bonds. The van der Waals surface area contributed by atoms with Gasteiger partial charge in [0.2, 0.25) is 0 Å². The third-order valence-corrected chi connectivity index (χ3v) is 4.61. The Kier molecular flexibility index (Phi) is 3.36. The molecule has 2 heterocycles. The lowest BCUT2D eigenvalue weighted by atomic mass is 9.94. The minimum Gasteiger partial charge on any atom is -0.368 e. The van der Waals surface area contributed by atoms with Gasteiger partial charge < -0.3 is 9.47 Å². The van der Waals surface area contributed by atoms with E-state index in [1.54, 1.807) is 0 Å². The van der Waals surface area contributed by atoms with Gasteiger partial charge in [-0.15, -0.1) is 0 Å². The molecular formula is C20H20O2. The number of ether oxygens (including phenoxy) is 2. The molecule has 2 unspecified atom stereocenters. The number of hydrogen-bond donors (Lipinski definition) is 0. The predicted octanol–water partition coefficient (Wildman–Crippen LogP) is 4.78. The molecule has 112 valence electrons. The maximum atomic E-state index is 5.39. The predicted molar refractivity (Wildman–Crippen MR) is 88.4 cm³/mol. The van der Waals surface area contributed by atoms with Crippen LogP contribution < -0.4 is 0 Å². The molecule has 2 saturated heterocycles. The van der Waals surface area contributed by atoms with Crippen LogP contribution in [0.5, 0.6) is 0 Å². The topological polar surface area (TPSA) is 25.1 Å². The van der Waals surface area contributed by atoms with Crippen molar-refractivity contribution in [3.63, 3.8) is 0 Å². The van der Waals surface area contributed by atoms with Gasteiger partial charge in [0.1, 0.15) is 12.2 Å². The molecule has 2 aromatic carbocycles. The molecule has 2 fully saturated rings. The van der Waals surface area contributed by atoms with E-state index in [1.807, 2.05) is 0 Å². The van der Waals surface area contributed by atoms with Gasteiger partial charge in [0, 0.05) is 0 Å². The van der Waals surface area contributed by atoms with Gasteiger partial charge >= 0.3 is 0 Å². The summed E-state index contributed by atoms with van der Waals surface area (Å²) in [5.41, 5.74) is 7.75. The number of epoxide rings is 2. The van der Waals surface area contributed by atoms with Crippen LogP contribution in [0.2, 0.25) is 0 Å². The Balaban J connectivity index is 1.69. The molecule has 0 aromatic heterocycles. The first kappa shape index (κ1) is 13.7. The summed E-state index contributed by atoms with van der Waals surface area (Å²) in [6.45, 7) is 6.11. The first-order valence-corrected chi connectivity index (χ1v) is 7.84. The van der Waals surface area contributed by atoms with Crippen molar-refractivity contribution in [2.45, 2.75) is 26.1 Å². The Morgan fingerprint density at radius 1 is 0.773 bits per heavy atom. The van der Waals surface area contributed by atoms with E-state index in [9.17, 15) is 0 Å². The highest BCUT2D eigenvalue weighted by molar-refractivity contribution is 5.89. The highest BCUT2D eigenvalue weighted by Crippen LogP contribution is 2.35. The van der Waals surface area contributed by atoms with E-state index >= 15 is 0 Å². The molecule has 0 N–H and O–H groups in total. The molecule has 2 heteroatoms. The second-order valence-electron chi connectivity index (χ2n) is 6.14. The van der Waals surface area contributed by atoms with Gasteiger partial charge in [0.15, 0.2) is 0 Å². The molecule has 4 rings (SSSR count). The van der Waals surface area contributed by atoms with Crippen molar-refractivity contribution in [3.05, 3.63) is 70.8 Å². The summed E-state index contributed by atoms with van der Waals surface area (Å²) in [4.78, 5) is 0. The Bertz CT molecular complexity index is 673. The molecular weight excluding hydrogens is 272 g/mol. The number of benzene rings is 2. The summed E-state index contributed by atoms with van der Waals surface area (Å²) >= 11 is 0. The lowest BCUT2D eigenvalue weighted by molar-refractivity contribution is 0.415. The number of hydrogen-bond acceptors (Lipinski definition) is 2. The molecule has 2 aliphatic rings. The first-order chi connectivity index (χ1) is 10.7. The minimum atomic E-state index is 0.309. The average Bonchev–Trinajstić information content (AvgIpc) is 3.45. The zero-order valence-electron chi connectivity index (χ0n) is 13.0. The largest absolute Gasteiger partial charge is 0.368 e. The molecule has 2 nitrogen and oxygen atoms in total. The van der Waals surface area contributed by atoms with E-state index in [0.29, 0.717) is 12.2 Å². The van der Waals surface area contributed by atoms with Crippen LogP contribution in [0, 0.1) is 0 Å². The average molecular weight is 292 g/mol. The highest BCUT2D eigenvalue weighted by atomic mass is 16.6. The molecule has 2 aliphatic heterocycles. The van der Waals surface area contributed by atoms with Crippen molar-refractivity contribution in [2.24, 2.45) is 0 Å². The Labute approximate surface area is 131 Å². The number of rotatable bonds is 4. The second-order valence-corrected chi connectivity index (χ2v) is 6.14. The lowest BCUT2D eigenvalue weighted by Gasteiger charge is -2.11. The van der Waals surface area contributed by atoms with E-state index in [2.05, 4.69) is 62.4 Å². The van der Waals surface area contributed by atoms with Crippen molar-refractivity contribution < 1.29 is 9.47 Å². The van der Waals surface area contributed by atoms with Gasteiger partial charge in [0.25, 0.3) is 0 Å². The normalized spacial score (nSPS) is 23.9. The highest BCUT2D eigenvalue weighted by Gasteiger charge is 2.25. The molecule has 22 heavy (non-hydrogen) atoms. The van der Waals surface area contributed by atoms with Gasteiger partial charge in [-0.3, -0.25) is 0 Å². The van der Waals surface area contributed by atoms with Crippen LogP contribution in [0.3, 0.4) is 0 Å². The van der Waals surface area contributed by atoms with Gasteiger partial charge in [0.05, 0.1) is 13.2 Å². The van der Waals surface area contributed by atoms with E-state index in [0.717, 1.165) is 13.2 Å². The molecule has 0 spiro atoms. The van der Waals surface area contributed by atoms with E-state index in [-0.39, 0.29) is 0 Å². The van der Waals surface area contributed by atoms with E-state index in [4.69, 9.17) is 9.47 Å². The summed E-state index contributed by atoms with van der Waals surface area (Å²) < 4.78 is 10.8. The summed E-state index contributed by atoms with van der Waals surface area (Å²) in [7, 11) is 0. The van der Waals surface area contributed by atoms with Crippen molar-refractivity contribution in [3.8, 4) is 0 Å². The van der Waals surface area contributed by atoms with Gasteiger partial charge in [-0.2, -0.15) is 0 Å². The summed E-state index contributed by atoms with van der Waals surface area (Å²) in [5.74, 6) is 0. The van der Waals surface area contributed by atoms with Crippen LogP contribution >= 0.6 is 0 Å². The maximum absolute atomic E-state index is 5.39. The fourth-order valence-corrected chi connectivity index (χ4v) is 2.86. The smallest absolute Gasteiger partial charge is 0.106 e. The summed E-state index contributed by atoms with van der Waals surface area (Å²) in [5, 5.41) is 0. The molecule has 2 aromatic rings. The third kappa shape index (κ3) is 2.72. The third-order valence-electron chi connectivity index (χ3n) is 4.61. The quantitative estimate of drug-likeness (QED) is 0.598. The lowest BCUT2D eigenvalue weighted by Crippen LogP contribution is -1.90. The minimum absolute atomic E-state index is 0.309. The van der Waals surface area contributed by atoms with Crippen molar-refractivity contribution >= 4 is 11.1 Å². The van der Waals surface area contributed by atoms with Crippen LogP contribution in [-0.2, 0) is 9.47 Å². The molecule has 2 atom stereocenters. The van der Waals surface area contributed by atoms with Gasteiger partial charge in [-0.1, -0.05) is 36.4 Å². The SMILES string of the molecule is C/C(=C(\C)c1cccc(C2CO2)c1)c1cccc(C2CO2)c1. The maximum Gasteiger partial charge on any atom is 0.106 e. The van der Waals surface area contributed by atoms with E-state index in [1.165, 1.54) is 33.4 Å². The monoisotopic (exact) mass is 292 g/mol. The fraction of sp³-hybridized carbons (Fsp3) is 0.300. The molecule has 0 bridgehead atoms. The van der Waals surface area contributed by atoms with Crippen molar-refractivity contribution in [1.29, 1.82) is 0 Å². The Morgan fingerprint density at radius 3 is 1.55 bits per heavy atom. The zero-order valence-corrected chi connectivity index (χ0v) is 13.0. The van der Waals surface area contributed by atoms with Crippen LogP contribution in [0.1, 0.15) is 48.3 Å². The second kappa shape index (κ2) is 5.38. The van der Waals surface area contributed by atoms with E-state index < -0.39 is 0 Å². The molecule has 0 radical (unpaired) electrons.